The summed E-state index contributed by atoms with van der Waals surface area (Å²) in [6, 6.07) is 9.31. The summed E-state index contributed by atoms with van der Waals surface area (Å²) in [6.07, 6.45) is 0. The molecule has 24 heavy (non-hydrogen) atoms. The molecule has 0 bridgehead atoms. The molecule has 0 aliphatic rings. The van der Waals surface area contributed by atoms with Crippen LogP contribution in [-0.4, -0.2) is 23.8 Å². The lowest BCUT2D eigenvalue weighted by Gasteiger charge is -2.11. The Morgan fingerprint density at radius 1 is 1.25 bits per heavy atom. The van der Waals surface area contributed by atoms with Crippen LogP contribution in [0.15, 0.2) is 29.3 Å². The number of nitrogens with zero attached hydrogens (tertiary/aromatic N) is 2. The number of ether oxygens (including phenoxy) is 1. The second-order valence-corrected chi connectivity index (χ2v) is 6.27. The molecular weight excluding hydrogens is 322 g/mol. The van der Waals surface area contributed by atoms with Gasteiger partial charge in [0.15, 0.2) is 0 Å². The molecule has 0 radical (unpaired) electrons. The van der Waals surface area contributed by atoms with Crippen molar-refractivity contribution < 1.29 is 9.53 Å². The maximum atomic E-state index is 12.1. The van der Waals surface area contributed by atoms with Crippen molar-refractivity contribution in [1.82, 2.24) is 4.98 Å². The zero-order valence-electron chi connectivity index (χ0n) is 14.1. The van der Waals surface area contributed by atoms with E-state index in [1.807, 2.05) is 20.8 Å². The third-order valence-electron chi connectivity index (χ3n) is 3.79. The number of anilines is 1. The Hall–Kier alpha value is -2.52. The molecule has 1 N–H and O–H groups in total. The number of amides is 1. The fourth-order valence-electron chi connectivity index (χ4n) is 2.15. The van der Waals surface area contributed by atoms with Crippen LogP contribution in [0, 0.1) is 32.1 Å². The van der Waals surface area contributed by atoms with E-state index in [-0.39, 0.29) is 11.7 Å². The van der Waals surface area contributed by atoms with Crippen molar-refractivity contribution in [3.8, 4) is 11.8 Å². The molecule has 2 aromatic rings. The molecule has 2 rings (SSSR count). The van der Waals surface area contributed by atoms with E-state index in [1.165, 1.54) is 11.8 Å². The largest absolute Gasteiger partial charge is 0.497 e. The van der Waals surface area contributed by atoms with E-state index in [9.17, 15) is 10.1 Å². The predicted octanol–water partition coefficient (Wildman–Crippen LogP) is 3.62. The molecule has 0 saturated carbocycles. The number of aryl methyl sites for hydroxylation is 1. The number of pyridine rings is 1. The average molecular weight is 341 g/mol. The molecule has 124 valence electrons. The number of carbonyl (C=O) groups excluding carboxylic acids is 1. The molecule has 0 unspecified atom stereocenters. The number of rotatable bonds is 5. The maximum absolute atomic E-state index is 12.1. The zero-order chi connectivity index (χ0) is 17.7. The van der Waals surface area contributed by atoms with Crippen LogP contribution in [0.25, 0.3) is 0 Å². The van der Waals surface area contributed by atoms with Gasteiger partial charge in [-0.1, -0.05) is 11.8 Å². The van der Waals surface area contributed by atoms with Gasteiger partial charge in [-0.2, -0.15) is 5.26 Å². The second-order valence-electron chi connectivity index (χ2n) is 5.30. The van der Waals surface area contributed by atoms with Crippen LogP contribution in [0.3, 0.4) is 0 Å². The van der Waals surface area contributed by atoms with Crippen LogP contribution in [0.2, 0.25) is 0 Å². The number of hydrogen-bond acceptors (Lipinski definition) is 5. The molecule has 1 heterocycles. The quantitative estimate of drug-likeness (QED) is 0.841. The summed E-state index contributed by atoms with van der Waals surface area (Å²) in [5, 5.41) is 12.8. The summed E-state index contributed by atoms with van der Waals surface area (Å²) < 4.78 is 5.08. The summed E-state index contributed by atoms with van der Waals surface area (Å²) in [5.74, 6) is 0.776. The van der Waals surface area contributed by atoms with Gasteiger partial charge in [0.05, 0.1) is 18.4 Å². The Kier molecular flexibility index (Phi) is 5.83. The Labute approximate surface area is 146 Å². The van der Waals surface area contributed by atoms with Crippen molar-refractivity contribution in [2.75, 3.05) is 18.2 Å². The van der Waals surface area contributed by atoms with Gasteiger partial charge in [0.25, 0.3) is 0 Å². The lowest BCUT2D eigenvalue weighted by Crippen LogP contribution is -2.14. The molecule has 0 aliphatic carbocycles. The van der Waals surface area contributed by atoms with E-state index in [0.717, 1.165) is 22.6 Å². The van der Waals surface area contributed by atoms with Crippen LogP contribution >= 0.6 is 11.8 Å². The Morgan fingerprint density at radius 2 is 1.92 bits per heavy atom. The molecule has 0 spiro atoms. The maximum Gasteiger partial charge on any atom is 0.234 e. The highest BCUT2D eigenvalue weighted by Crippen LogP contribution is 2.26. The first-order valence-electron chi connectivity index (χ1n) is 7.41. The number of carbonyl (C=O) groups is 1. The minimum Gasteiger partial charge on any atom is -0.497 e. The van der Waals surface area contributed by atoms with Gasteiger partial charge in [-0.25, -0.2) is 4.98 Å². The van der Waals surface area contributed by atoms with Gasteiger partial charge >= 0.3 is 0 Å². The smallest absolute Gasteiger partial charge is 0.234 e. The van der Waals surface area contributed by atoms with Crippen LogP contribution < -0.4 is 10.1 Å². The van der Waals surface area contributed by atoms with Crippen LogP contribution in [-0.2, 0) is 4.79 Å². The number of hydrogen-bond donors (Lipinski definition) is 1. The molecule has 0 atom stereocenters. The molecule has 0 saturated heterocycles. The fourth-order valence-corrected chi connectivity index (χ4v) is 3.04. The van der Waals surface area contributed by atoms with Gasteiger partial charge in [0, 0.05) is 11.4 Å². The first kappa shape index (κ1) is 17.8. The number of benzene rings is 1. The standard InChI is InChI=1S/C18H19N3O2S/c1-11-12(2)16(9-19)18(20-13(11)3)24-10-17(22)21-14-5-7-15(23-4)8-6-14/h5-8H,10H2,1-4H3,(H,21,22). The van der Waals surface area contributed by atoms with Gasteiger partial charge in [0.1, 0.15) is 16.8 Å². The minimum absolute atomic E-state index is 0.147. The molecule has 0 fully saturated rings. The first-order valence-corrected chi connectivity index (χ1v) is 8.39. The van der Waals surface area contributed by atoms with Crippen molar-refractivity contribution in [2.24, 2.45) is 0 Å². The number of aromatic nitrogens is 1. The number of thioether (sulfide) groups is 1. The summed E-state index contributed by atoms with van der Waals surface area (Å²) in [4.78, 5) is 16.6. The monoisotopic (exact) mass is 341 g/mol. The van der Waals surface area contributed by atoms with E-state index in [1.54, 1.807) is 31.4 Å². The van der Waals surface area contributed by atoms with E-state index >= 15 is 0 Å². The molecule has 1 aromatic heterocycles. The highest BCUT2D eigenvalue weighted by atomic mass is 32.2. The van der Waals surface area contributed by atoms with E-state index in [2.05, 4.69) is 16.4 Å². The van der Waals surface area contributed by atoms with Gasteiger partial charge in [-0.15, -0.1) is 0 Å². The van der Waals surface area contributed by atoms with Gasteiger partial charge in [-0.05, 0) is 56.2 Å². The zero-order valence-corrected chi connectivity index (χ0v) is 15.0. The summed E-state index contributed by atoms with van der Waals surface area (Å²) >= 11 is 1.27. The highest BCUT2D eigenvalue weighted by molar-refractivity contribution is 8.00. The summed E-state index contributed by atoms with van der Waals surface area (Å²) in [6.45, 7) is 5.76. The molecule has 0 aliphatic heterocycles. The van der Waals surface area contributed by atoms with E-state index < -0.39 is 0 Å². The van der Waals surface area contributed by atoms with Crippen LogP contribution in [0.4, 0.5) is 5.69 Å². The SMILES string of the molecule is COc1ccc(NC(=O)CSc2nc(C)c(C)c(C)c2C#N)cc1. The highest BCUT2D eigenvalue weighted by Gasteiger charge is 2.14. The number of methoxy groups -OCH3 is 1. The summed E-state index contributed by atoms with van der Waals surface area (Å²) in [5.41, 5.74) is 4.05. The molecule has 5 nitrogen and oxygen atoms in total. The Morgan fingerprint density at radius 3 is 2.50 bits per heavy atom. The number of nitrogens with one attached hydrogen (secondary N) is 1. The first-order chi connectivity index (χ1) is 11.5. The Bertz CT molecular complexity index is 795. The molecular formula is C18H19N3O2S. The van der Waals surface area contributed by atoms with Gasteiger partial charge < -0.3 is 10.1 Å². The van der Waals surface area contributed by atoms with Crippen molar-refractivity contribution in [2.45, 2.75) is 25.8 Å². The third-order valence-corrected chi connectivity index (χ3v) is 4.76. The van der Waals surface area contributed by atoms with Crippen molar-refractivity contribution in [3.05, 3.63) is 46.6 Å². The Balaban J connectivity index is 2.05. The molecule has 1 amide bonds. The fraction of sp³-hybridized carbons (Fsp3) is 0.278. The molecule has 6 heteroatoms. The van der Waals surface area contributed by atoms with Crippen molar-refractivity contribution in [1.29, 1.82) is 5.26 Å². The van der Waals surface area contributed by atoms with Crippen LogP contribution in [0.1, 0.15) is 22.4 Å². The van der Waals surface area contributed by atoms with Gasteiger partial charge in [0.2, 0.25) is 5.91 Å². The van der Waals surface area contributed by atoms with Crippen molar-refractivity contribution in [3.63, 3.8) is 0 Å². The van der Waals surface area contributed by atoms with Gasteiger partial charge in [-0.3, -0.25) is 4.79 Å². The third kappa shape index (κ3) is 4.06. The lowest BCUT2D eigenvalue weighted by molar-refractivity contribution is -0.113. The average Bonchev–Trinajstić information content (AvgIpc) is 2.58. The molecule has 1 aromatic carbocycles. The summed E-state index contributed by atoms with van der Waals surface area (Å²) in [7, 11) is 1.59. The lowest BCUT2D eigenvalue weighted by atomic mass is 10.1. The predicted molar refractivity (Wildman–Crippen MR) is 95.5 cm³/mol. The minimum atomic E-state index is -0.147. The number of nitriles is 1. The van der Waals surface area contributed by atoms with Crippen molar-refractivity contribution >= 4 is 23.4 Å². The second kappa shape index (κ2) is 7.84. The van der Waals surface area contributed by atoms with E-state index in [0.29, 0.717) is 16.3 Å². The van der Waals surface area contributed by atoms with E-state index in [4.69, 9.17) is 4.74 Å². The van der Waals surface area contributed by atoms with Crippen LogP contribution in [0.5, 0.6) is 5.75 Å². The normalized spacial score (nSPS) is 10.1. The topological polar surface area (TPSA) is 75.0 Å².